The van der Waals surface area contributed by atoms with Gasteiger partial charge >= 0.3 is 12.3 Å². The molecule has 5 nitrogen and oxygen atoms in total. The number of alkyl halides is 7. The molecule has 0 aliphatic rings. The number of benzene rings is 5. The minimum atomic E-state index is -4.34. The summed E-state index contributed by atoms with van der Waals surface area (Å²) in [7, 11) is 0. The average molecular weight is 1060 g/mol. The number of nitrogens with zero attached hydrogens (tertiary/aromatic N) is 3. The molecule has 74 heavy (non-hydrogen) atoms. The van der Waals surface area contributed by atoms with Gasteiger partial charge in [-0.15, -0.1) is 0 Å². The molecule has 0 bridgehead atoms. The van der Waals surface area contributed by atoms with E-state index in [2.05, 4.69) is 21.9 Å². The molecule has 5 aromatic carbocycles. The fourth-order valence-electron chi connectivity index (χ4n) is 9.35. The molecule has 0 fully saturated rings. The van der Waals surface area contributed by atoms with Crippen LogP contribution in [0.2, 0.25) is 10.0 Å². The first-order chi connectivity index (χ1) is 35.2. The Morgan fingerprint density at radius 1 is 0.622 bits per heavy atom. The van der Waals surface area contributed by atoms with Gasteiger partial charge in [0, 0.05) is 56.4 Å². The number of allylic oxidation sites excluding steroid dienone is 1. The summed E-state index contributed by atoms with van der Waals surface area (Å²) >= 11 is 12.6. The third kappa shape index (κ3) is 13.4. The number of nitrogens with one attached hydrogen (secondary N) is 1. The van der Waals surface area contributed by atoms with Crippen LogP contribution >= 0.6 is 23.2 Å². The lowest BCUT2D eigenvalue weighted by molar-refractivity contribution is -0.127. The van der Waals surface area contributed by atoms with Crippen LogP contribution in [0.25, 0.3) is 0 Å². The molecule has 2 heterocycles. The Morgan fingerprint density at radius 2 is 1.11 bits per heavy atom. The van der Waals surface area contributed by atoms with E-state index in [9.17, 15) is 26.7 Å². The highest BCUT2D eigenvalue weighted by molar-refractivity contribution is 6.30. The van der Waals surface area contributed by atoms with E-state index >= 15 is 13.2 Å². The molecule has 0 aliphatic carbocycles. The second-order valence-electron chi connectivity index (χ2n) is 18.0. The van der Waals surface area contributed by atoms with Crippen molar-refractivity contribution in [1.82, 2.24) is 15.3 Å². The molecule has 2 aromatic heterocycles. The van der Waals surface area contributed by atoms with Gasteiger partial charge in [0.05, 0.1) is 21.4 Å². The average Bonchev–Trinajstić information content (AvgIpc) is 3.37. The second kappa shape index (κ2) is 24.6. The van der Waals surface area contributed by atoms with E-state index in [1.54, 1.807) is 72.8 Å². The van der Waals surface area contributed by atoms with Gasteiger partial charge in [-0.2, -0.15) is 8.78 Å². The molecule has 4 atom stereocenters. The van der Waals surface area contributed by atoms with Crippen LogP contribution in [0.3, 0.4) is 0 Å². The van der Waals surface area contributed by atoms with Gasteiger partial charge in [0.15, 0.2) is 6.17 Å². The molecule has 7 aromatic rings. The van der Waals surface area contributed by atoms with Gasteiger partial charge in [-0.1, -0.05) is 160 Å². The molecule has 388 valence electrons. The van der Waals surface area contributed by atoms with Crippen molar-refractivity contribution >= 4 is 34.8 Å². The molecule has 7 rings (SSSR count). The maximum Gasteiger partial charge on any atom is 0.311 e. The molecule has 0 radical (unpaired) electrons. The number of hydrogen-bond donors (Lipinski definition) is 1. The van der Waals surface area contributed by atoms with E-state index in [0.29, 0.717) is 38.8 Å². The third-order valence-electron chi connectivity index (χ3n) is 12.6. The molecule has 0 aliphatic heterocycles. The largest absolute Gasteiger partial charge is 0.374 e. The van der Waals surface area contributed by atoms with Crippen LogP contribution in [0.1, 0.15) is 78.9 Å². The number of rotatable bonds is 21. The summed E-state index contributed by atoms with van der Waals surface area (Å²) in [6.07, 6.45) is -6.46. The van der Waals surface area contributed by atoms with Gasteiger partial charge in [-0.3, -0.25) is 19.7 Å². The van der Waals surface area contributed by atoms with Crippen molar-refractivity contribution in [3.05, 3.63) is 243 Å². The predicted molar refractivity (Wildman–Crippen MR) is 278 cm³/mol. The van der Waals surface area contributed by atoms with E-state index in [1.165, 1.54) is 85.7 Å². The molecule has 0 saturated carbocycles. The lowest BCUT2D eigenvalue weighted by Gasteiger charge is -2.44. The number of anilines is 1. The van der Waals surface area contributed by atoms with Crippen LogP contribution < -0.4 is 10.2 Å². The molecule has 0 saturated heterocycles. The smallest absolute Gasteiger partial charge is 0.311 e. The topological polar surface area (TPSA) is 58.1 Å². The summed E-state index contributed by atoms with van der Waals surface area (Å²) in [6.45, 7) is 10.8. The van der Waals surface area contributed by atoms with Gasteiger partial charge < -0.3 is 5.32 Å². The van der Waals surface area contributed by atoms with Crippen LogP contribution in [-0.2, 0) is 41.6 Å². The zero-order chi connectivity index (χ0) is 53.8. The van der Waals surface area contributed by atoms with Crippen LogP contribution in [0, 0.1) is 11.7 Å². The van der Waals surface area contributed by atoms with Gasteiger partial charge in [0.2, 0.25) is 5.91 Å². The quantitative estimate of drug-likeness (QED) is 0.0729. The minimum Gasteiger partial charge on any atom is -0.374 e. The van der Waals surface area contributed by atoms with E-state index in [-0.39, 0.29) is 41.1 Å². The molecular weight excluding hydrogens is 1000 g/mol. The molecule has 0 spiro atoms. The van der Waals surface area contributed by atoms with Crippen molar-refractivity contribution in [1.29, 1.82) is 0 Å². The molecule has 1 N–H and O–H groups in total. The van der Waals surface area contributed by atoms with E-state index < -0.39 is 66.0 Å². The standard InChI is InChI=1S/C57H50Cl2F8N4O.C2H6/c1-37(28-38(2)70-54(31-40-12-6-4-7-13-40,50-26-20-46(58)35-68-50)44-18-10-16-42(29-44)34-57(66,67)53(62)63)52(61)56(64,65)33-43-17-11-19-45(30-43)55(32-41-14-8-5-9-15-41,51-27-21-47(59)36-69-51)71(39(3)72)49-24-22-48(60)23-25-49;1-2/h4-27,29-30,35-37,52-53,70H,2,28,31-34H2,1,3H3;1-2H3/t37?,52?,54-,55-;/m0./s1. The highest BCUT2D eigenvalue weighted by Crippen LogP contribution is 2.44. The van der Waals surface area contributed by atoms with E-state index in [4.69, 9.17) is 23.2 Å². The van der Waals surface area contributed by atoms with Gasteiger partial charge in [-0.25, -0.2) is 26.3 Å². The highest BCUT2D eigenvalue weighted by Gasteiger charge is 2.48. The van der Waals surface area contributed by atoms with Crippen LogP contribution in [0.15, 0.2) is 182 Å². The van der Waals surface area contributed by atoms with Crippen LogP contribution in [0.4, 0.5) is 40.8 Å². The number of halogens is 10. The first-order valence-corrected chi connectivity index (χ1v) is 24.7. The van der Waals surface area contributed by atoms with Crippen molar-refractivity contribution in [2.45, 2.75) is 95.3 Å². The highest BCUT2D eigenvalue weighted by atomic mass is 35.5. The minimum absolute atomic E-state index is 0.0336. The number of carbonyl (C=O) groups excluding carboxylic acids is 1. The van der Waals surface area contributed by atoms with Crippen molar-refractivity contribution < 1.29 is 39.9 Å². The zero-order valence-corrected chi connectivity index (χ0v) is 42.7. The monoisotopic (exact) mass is 1060 g/mol. The van der Waals surface area contributed by atoms with Crippen molar-refractivity contribution in [3.8, 4) is 0 Å². The van der Waals surface area contributed by atoms with Crippen molar-refractivity contribution in [2.75, 3.05) is 4.90 Å². The second-order valence-corrected chi connectivity index (χ2v) is 18.9. The molecular formula is C59H56Cl2F8N4O. The summed E-state index contributed by atoms with van der Waals surface area (Å²) in [4.78, 5) is 24.7. The van der Waals surface area contributed by atoms with Gasteiger partial charge in [-0.05, 0) is 94.3 Å². The number of carbonyl (C=O) groups is 1. The SMILES string of the molecule is C=C(CC(C)C(F)C(F)(F)Cc1cccc([C@@](Cc2ccccc2)(c2ccc(Cl)cn2)N(C(C)=O)c2ccc(F)cc2)c1)N[C@@](Cc1ccccc1)(c1cccc(CC(F)(F)C(F)F)c1)c1ccc(Cl)cn1.CC. The lowest BCUT2D eigenvalue weighted by atomic mass is 9.77. The van der Waals surface area contributed by atoms with Crippen LogP contribution in [-0.4, -0.2) is 40.3 Å². The predicted octanol–water partition coefficient (Wildman–Crippen LogP) is 15.8. The normalized spacial score (nSPS) is 14.1. The first kappa shape index (κ1) is 56.7. The Kier molecular flexibility index (Phi) is 18.9. The maximum absolute atomic E-state index is 16.7. The summed E-state index contributed by atoms with van der Waals surface area (Å²) in [5, 5.41) is 3.88. The molecule has 1 amide bonds. The van der Waals surface area contributed by atoms with Crippen molar-refractivity contribution in [3.63, 3.8) is 0 Å². The first-order valence-electron chi connectivity index (χ1n) is 23.9. The van der Waals surface area contributed by atoms with Crippen molar-refractivity contribution in [2.24, 2.45) is 5.92 Å². The van der Waals surface area contributed by atoms with Crippen LogP contribution in [0.5, 0.6) is 0 Å². The fourth-order valence-corrected chi connectivity index (χ4v) is 9.58. The zero-order valence-electron chi connectivity index (χ0n) is 41.2. The number of aromatic nitrogens is 2. The Hall–Kier alpha value is -6.57. The Morgan fingerprint density at radius 3 is 1.62 bits per heavy atom. The van der Waals surface area contributed by atoms with Gasteiger partial charge in [0.1, 0.15) is 16.9 Å². The summed E-state index contributed by atoms with van der Waals surface area (Å²) < 4.78 is 120. The number of hydrogen-bond acceptors (Lipinski definition) is 4. The van der Waals surface area contributed by atoms with E-state index in [0.717, 1.165) is 5.56 Å². The van der Waals surface area contributed by atoms with Gasteiger partial charge in [0.25, 0.3) is 5.92 Å². The maximum atomic E-state index is 16.7. The Labute approximate surface area is 437 Å². The Balaban J connectivity index is 0.00000440. The summed E-state index contributed by atoms with van der Waals surface area (Å²) in [5.41, 5.74) is -0.0258. The summed E-state index contributed by atoms with van der Waals surface area (Å²) in [6, 6.07) is 41.6. The van der Waals surface area contributed by atoms with E-state index in [1.807, 2.05) is 44.2 Å². The Bertz CT molecular complexity index is 2930. The lowest BCUT2D eigenvalue weighted by Crippen LogP contribution is -2.52. The fraction of sp³-hybridized carbons (Fsp3) is 0.271. The summed E-state index contributed by atoms with van der Waals surface area (Å²) in [5.74, 6) is -10.7. The molecule has 15 heteroatoms. The number of amides is 1. The third-order valence-corrected chi connectivity index (χ3v) is 13.0. The number of pyridine rings is 2. The molecule has 2 unspecified atom stereocenters.